The van der Waals surface area contributed by atoms with E-state index in [0.717, 1.165) is 0 Å². The summed E-state index contributed by atoms with van der Waals surface area (Å²) in [4.78, 5) is 22.3. The first-order chi connectivity index (χ1) is 8.52. The molecule has 18 heavy (non-hydrogen) atoms. The number of nitrogens with one attached hydrogen (secondary N) is 1. The molecule has 2 unspecified atom stereocenters. The highest BCUT2D eigenvalue weighted by atomic mass is 16.4. The molecule has 0 fully saturated rings. The summed E-state index contributed by atoms with van der Waals surface area (Å²) < 4.78 is 1.58. The van der Waals surface area contributed by atoms with Crippen LogP contribution >= 0.6 is 0 Å². The predicted octanol–water partition coefficient (Wildman–Crippen LogP) is 1.06. The Kier molecular flexibility index (Phi) is 5.35. The molecular weight excluding hydrogens is 234 g/mol. The molecule has 0 radical (unpaired) electrons. The lowest BCUT2D eigenvalue weighted by atomic mass is 10.1. The highest BCUT2D eigenvalue weighted by molar-refractivity contribution is 5.79. The van der Waals surface area contributed by atoms with Crippen molar-refractivity contribution in [3.8, 4) is 0 Å². The van der Waals surface area contributed by atoms with E-state index in [-0.39, 0.29) is 17.9 Å². The maximum absolute atomic E-state index is 11.7. The molecule has 1 amide bonds. The smallest absolute Gasteiger partial charge is 0.306 e. The van der Waals surface area contributed by atoms with Crippen molar-refractivity contribution in [1.29, 1.82) is 0 Å². The molecule has 0 aromatic carbocycles. The summed E-state index contributed by atoms with van der Waals surface area (Å²) in [5.41, 5.74) is 0. The second-order valence-corrected chi connectivity index (χ2v) is 4.33. The number of hydrogen-bond acceptors (Lipinski definition) is 3. The third-order valence-corrected chi connectivity index (χ3v) is 2.84. The van der Waals surface area contributed by atoms with Crippen LogP contribution in [-0.4, -0.2) is 33.3 Å². The normalized spacial score (nSPS) is 13.9. The molecule has 0 aliphatic carbocycles. The minimum Gasteiger partial charge on any atom is -0.481 e. The fourth-order valence-electron chi connectivity index (χ4n) is 1.52. The van der Waals surface area contributed by atoms with Crippen molar-refractivity contribution in [1.82, 2.24) is 15.1 Å². The van der Waals surface area contributed by atoms with Gasteiger partial charge < -0.3 is 10.4 Å². The molecule has 0 aliphatic heterocycles. The zero-order valence-electron chi connectivity index (χ0n) is 10.7. The summed E-state index contributed by atoms with van der Waals surface area (Å²) in [5.74, 6) is -1.28. The quantitative estimate of drug-likeness (QED) is 0.712. The van der Waals surface area contributed by atoms with Gasteiger partial charge in [-0.1, -0.05) is 6.92 Å². The minimum absolute atomic E-state index is 0.110. The van der Waals surface area contributed by atoms with E-state index in [1.165, 1.54) is 0 Å². The highest BCUT2D eigenvalue weighted by Gasteiger charge is 2.14. The Labute approximate surface area is 106 Å². The fourth-order valence-corrected chi connectivity index (χ4v) is 1.52. The van der Waals surface area contributed by atoms with Crippen LogP contribution in [-0.2, 0) is 9.59 Å². The van der Waals surface area contributed by atoms with Gasteiger partial charge in [-0.05, 0) is 25.8 Å². The Morgan fingerprint density at radius 1 is 1.44 bits per heavy atom. The molecule has 2 N–H and O–H groups in total. The van der Waals surface area contributed by atoms with E-state index in [4.69, 9.17) is 5.11 Å². The summed E-state index contributed by atoms with van der Waals surface area (Å²) in [6, 6.07) is 1.41. The fraction of sp³-hybridized carbons (Fsp3) is 0.583. The Morgan fingerprint density at radius 3 is 2.72 bits per heavy atom. The zero-order chi connectivity index (χ0) is 13.5. The lowest BCUT2D eigenvalue weighted by molar-refractivity contribution is -0.141. The largest absolute Gasteiger partial charge is 0.481 e. The van der Waals surface area contributed by atoms with Crippen molar-refractivity contribution in [2.75, 3.05) is 6.54 Å². The first-order valence-electron chi connectivity index (χ1n) is 6.02. The van der Waals surface area contributed by atoms with Crippen LogP contribution in [0, 0.1) is 5.92 Å². The summed E-state index contributed by atoms with van der Waals surface area (Å²) in [6.07, 6.45) is 4.58. The number of carbonyl (C=O) groups is 2. The second-order valence-electron chi connectivity index (χ2n) is 4.33. The van der Waals surface area contributed by atoms with Crippen LogP contribution in [0.3, 0.4) is 0 Å². The Hall–Kier alpha value is -1.85. The summed E-state index contributed by atoms with van der Waals surface area (Å²) in [6.45, 7) is 3.92. The van der Waals surface area contributed by atoms with Crippen molar-refractivity contribution in [3.05, 3.63) is 18.5 Å². The number of carboxylic acid groups (broad SMARTS) is 1. The van der Waals surface area contributed by atoms with Gasteiger partial charge in [-0.2, -0.15) is 5.10 Å². The molecule has 0 spiro atoms. The van der Waals surface area contributed by atoms with E-state index in [9.17, 15) is 9.59 Å². The molecule has 0 bridgehead atoms. The Morgan fingerprint density at radius 2 is 2.17 bits per heavy atom. The van der Waals surface area contributed by atoms with Crippen LogP contribution < -0.4 is 5.32 Å². The van der Waals surface area contributed by atoms with Crippen molar-refractivity contribution in [3.63, 3.8) is 0 Å². The number of carboxylic acids is 1. The van der Waals surface area contributed by atoms with Crippen molar-refractivity contribution < 1.29 is 14.7 Å². The van der Waals surface area contributed by atoms with Gasteiger partial charge in [-0.25, -0.2) is 0 Å². The predicted molar refractivity (Wildman–Crippen MR) is 66.0 cm³/mol. The third kappa shape index (κ3) is 4.20. The van der Waals surface area contributed by atoms with Gasteiger partial charge in [0, 0.05) is 18.9 Å². The average molecular weight is 253 g/mol. The zero-order valence-corrected chi connectivity index (χ0v) is 10.7. The van der Waals surface area contributed by atoms with E-state index >= 15 is 0 Å². The van der Waals surface area contributed by atoms with E-state index in [1.807, 2.05) is 0 Å². The summed E-state index contributed by atoms with van der Waals surface area (Å²) in [7, 11) is 0. The van der Waals surface area contributed by atoms with Gasteiger partial charge in [-0.3, -0.25) is 14.3 Å². The van der Waals surface area contributed by atoms with Crippen LogP contribution in [0.25, 0.3) is 0 Å². The monoisotopic (exact) mass is 253 g/mol. The van der Waals surface area contributed by atoms with Crippen LogP contribution in [0.2, 0.25) is 0 Å². The Bertz CT molecular complexity index is 389. The van der Waals surface area contributed by atoms with Crippen molar-refractivity contribution in [2.45, 2.75) is 32.7 Å². The van der Waals surface area contributed by atoms with Crippen molar-refractivity contribution >= 4 is 11.9 Å². The van der Waals surface area contributed by atoms with E-state index < -0.39 is 5.97 Å². The van der Waals surface area contributed by atoms with Gasteiger partial charge in [0.15, 0.2) is 0 Å². The first-order valence-corrected chi connectivity index (χ1v) is 6.02. The molecule has 0 saturated heterocycles. The maximum atomic E-state index is 11.7. The minimum atomic E-state index is -0.800. The topological polar surface area (TPSA) is 84.2 Å². The van der Waals surface area contributed by atoms with E-state index in [0.29, 0.717) is 19.4 Å². The van der Waals surface area contributed by atoms with Gasteiger partial charge >= 0.3 is 5.97 Å². The van der Waals surface area contributed by atoms with Crippen LogP contribution in [0.5, 0.6) is 0 Å². The molecule has 100 valence electrons. The Balaban J connectivity index is 2.23. The number of aromatic nitrogens is 2. The number of amides is 1. The number of hydrogen-bond donors (Lipinski definition) is 2. The lowest BCUT2D eigenvalue weighted by Crippen LogP contribution is -2.32. The molecule has 6 heteroatoms. The second kappa shape index (κ2) is 6.78. The van der Waals surface area contributed by atoms with Gasteiger partial charge in [0.25, 0.3) is 0 Å². The summed E-state index contributed by atoms with van der Waals surface area (Å²) >= 11 is 0. The van der Waals surface area contributed by atoms with Crippen molar-refractivity contribution in [2.24, 2.45) is 5.92 Å². The van der Waals surface area contributed by atoms with Gasteiger partial charge in [0.1, 0.15) is 6.04 Å². The molecule has 0 aliphatic rings. The average Bonchev–Trinajstić information content (AvgIpc) is 2.86. The van der Waals surface area contributed by atoms with Crippen LogP contribution in [0.1, 0.15) is 32.7 Å². The molecule has 0 saturated carbocycles. The van der Waals surface area contributed by atoms with Crippen LogP contribution in [0.4, 0.5) is 0 Å². The lowest BCUT2D eigenvalue weighted by Gasteiger charge is -2.13. The molecule has 1 aromatic rings. The SMILES string of the molecule is CC(CCCNC(=O)C(C)n1cccn1)C(=O)O. The number of carbonyl (C=O) groups excluding carboxylic acids is 1. The number of nitrogens with zero attached hydrogens (tertiary/aromatic N) is 2. The molecule has 1 aromatic heterocycles. The number of rotatable bonds is 7. The van der Waals surface area contributed by atoms with Crippen LogP contribution in [0.15, 0.2) is 18.5 Å². The molecular formula is C12H19N3O3. The highest BCUT2D eigenvalue weighted by Crippen LogP contribution is 2.06. The molecule has 1 heterocycles. The van der Waals surface area contributed by atoms with E-state index in [1.54, 1.807) is 37.0 Å². The first kappa shape index (κ1) is 14.2. The molecule has 6 nitrogen and oxygen atoms in total. The number of aliphatic carboxylic acids is 1. The van der Waals surface area contributed by atoms with E-state index in [2.05, 4.69) is 10.4 Å². The third-order valence-electron chi connectivity index (χ3n) is 2.84. The van der Waals surface area contributed by atoms with Gasteiger partial charge in [0.2, 0.25) is 5.91 Å². The van der Waals surface area contributed by atoms with Gasteiger partial charge in [0.05, 0.1) is 5.92 Å². The summed E-state index contributed by atoms with van der Waals surface area (Å²) in [5, 5.41) is 15.5. The standard InChI is InChI=1S/C12H19N3O3/c1-9(12(17)18)5-3-6-13-11(16)10(2)15-8-4-7-14-15/h4,7-10H,3,5-6H2,1-2H3,(H,13,16)(H,17,18). The maximum Gasteiger partial charge on any atom is 0.306 e. The molecule has 1 rings (SSSR count). The van der Waals surface area contributed by atoms with Gasteiger partial charge in [-0.15, -0.1) is 0 Å². The molecule has 2 atom stereocenters.